The minimum Gasteiger partial charge on any atom is -0.393 e. The molecule has 1 aliphatic rings. The van der Waals surface area contributed by atoms with E-state index in [1.54, 1.807) is 0 Å². The molecule has 88 valence electrons. The van der Waals surface area contributed by atoms with E-state index in [1.807, 2.05) is 11.3 Å². The van der Waals surface area contributed by atoms with Crippen molar-refractivity contribution in [2.45, 2.75) is 32.4 Å². The highest BCUT2D eigenvalue weighted by Gasteiger charge is 2.30. The standard InChI is InChI=1S/C12H18N2S2/c1-9(12(13)15)7-14(10-4-5-10)8-11-3-2-6-16-11/h2-3,6,9-10H,4-5,7-8H2,1H3,(H2,13,15). The van der Waals surface area contributed by atoms with E-state index in [4.69, 9.17) is 18.0 Å². The summed E-state index contributed by atoms with van der Waals surface area (Å²) in [5.41, 5.74) is 5.69. The fourth-order valence-corrected chi connectivity index (χ4v) is 2.63. The fourth-order valence-electron chi connectivity index (χ4n) is 1.83. The largest absolute Gasteiger partial charge is 0.393 e. The summed E-state index contributed by atoms with van der Waals surface area (Å²) in [6, 6.07) is 5.08. The average molecular weight is 254 g/mol. The molecule has 1 fully saturated rings. The van der Waals surface area contributed by atoms with Crippen LogP contribution in [-0.4, -0.2) is 22.5 Å². The summed E-state index contributed by atoms with van der Waals surface area (Å²) in [5.74, 6) is 0.315. The Labute approximate surface area is 106 Å². The number of nitrogens with two attached hydrogens (primary N) is 1. The lowest BCUT2D eigenvalue weighted by atomic mass is 10.1. The van der Waals surface area contributed by atoms with E-state index >= 15 is 0 Å². The molecule has 0 radical (unpaired) electrons. The van der Waals surface area contributed by atoms with Gasteiger partial charge in [-0.05, 0) is 24.3 Å². The van der Waals surface area contributed by atoms with Crippen molar-refractivity contribution in [1.82, 2.24) is 4.90 Å². The third kappa shape index (κ3) is 3.27. The Morgan fingerprint density at radius 2 is 2.44 bits per heavy atom. The van der Waals surface area contributed by atoms with Crippen LogP contribution in [0.1, 0.15) is 24.6 Å². The maximum atomic E-state index is 5.69. The number of nitrogens with zero attached hydrogens (tertiary/aromatic N) is 1. The third-order valence-electron chi connectivity index (χ3n) is 3.00. The van der Waals surface area contributed by atoms with Crippen LogP contribution in [0.2, 0.25) is 0 Å². The monoisotopic (exact) mass is 254 g/mol. The highest BCUT2D eigenvalue weighted by atomic mass is 32.1. The van der Waals surface area contributed by atoms with E-state index in [2.05, 4.69) is 29.3 Å². The van der Waals surface area contributed by atoms with Gasteiger partial charge in [0.05, 0.1) is 4.99 Å². The van der Waals surface area contributed by atoms with Crippen LogP contribution in [0, 0.1) is 5.92 Å². The molecule has 1 heterocycles. The van der Waals surface area contributed by atoms with Gasteiger partial charge in [-0.15, -0.1) is 11.3 Å². The Hall–Kier alpha value is -0.450. The van der Waals surface area contributed by atoms with Gasteiger partial charge in [-0.2, -0.15) is 0 Å². The Bertz CT molecular complexity index is 344. The lowest BCUT2D eigenvalue weighted by Crippen LogP contribution is -2.34. The molecule has 2 rings (SSSR count). The van der Waals surface area contributed by atoms with Crippen LogP contribution in [0.4, 0.5) is 0 Å². The molecule has 0 saturated heterocycles. The van der Waals surface area contributed by atoms with Crippen molar-refractivity contribution in [2.24, 2.45) is 11.7 Å². The maximum Gasteiger partial charge on any atom is 0.0768 e. The van der Waals surface area contributed by atoms with E-state index in [0.717, 1.165) is 19.1 Å². The van der Waals surface area contributed by atoms with E-state index < -0.39 is 0 Å². The van der Waals surface area contributed by atoms with Crippen molar-refractivity contribution >= 4 is 28.5 Å². The number of rotatable bonds is 6. The molecule has 2 N–H and O–H groups in total. The van der Waals surface area contributed by atoms with E-state index in [1.165, 1.54) is 17.7 Å². The lowest BCUT2D eigenvalue weighted by Gasteiger charge is -2.24. The van der Waals surface area contributed by atoms with Crippen LogP contribution in [-0.2, 0) is 6.54 Å². The summed E-state index contributed by atoms with van der Waals surface area (Å²) in [5, 5.41) is 2.14. The van der Waals surface area contributed by atoms with Gasteiger partial charge in [0.1, 0.15) is 0 Å². The fraction of sp³-hybridized carbons (Fsp3) is 0.583. The quantitative estimate of drug-likeness (QED) is 0.791. The van der Waals surface area contributed by atoms with E-state index in [9.17, 15) is 0 Å². The molecule has 0 aromatic carbocycles. The van der Waals surface area contributed by atoms with Crippen molar-refractivity contribution in [1.29, 1.82) is 0 Å². The van der Waals surface area contributed by atoms with Gasteiger partial charge in [0.2, 0.25) is 0 Å². The second-order valence-electron chi connectivity index (χ2n) is 4.54. The predicted molar refractivity (Wildman–Crippen MR) is 73.7 cm³/mol. The van der Waals surface area contributed by atoms with Gasteiger partial charge >= 0.3 is 0 Å². The molecular formula is C12H18N2S2. The molecule has 1 unspecified atom stereocenters. The summed E-state index contributed by atoms with van der Waals surface area (Å²) >= 11 is 6.87. The SMILES string of the molecule is CC(CN(Cc1cccs1)C1CC1)C(N)=S. The summed E-state index contributed by atoms with van der Waals surface area (Å²) in [6.07, 6.45) is 2.66. The van der Waals surface area contributed by atoms with Crippen LogP contribution in [0.25, 0.3) is 0 Å². The molecule has 0 spiro atoms. The van der Waals surface area contributed by atoms with Gasteiger partial charge in [-0.3, -0.25) is 4.90 Å². The smallest absolute Gasteiger partial charge is 0.0768 e. The second kappa shape index (κ2) is 5.25. The van der Waals surface area contributed by atoms with Crippen molar-refractivity contribution in [3.05, 3.63) is 22.4 Å². The van der Waals surface area contributed by atoms with Crippen LogP contribution in [0.15, 0.2) is 17.5 Å². The van der Waals surface area contributed by atoms with Crippen molar-refractivity contribution in [3.63, 3.8) is 0 Å². The highest BCUT2D eigenvalue weighted by Crippen LogP contribution is 2.29. The van der Waals surface area contributed by atoms with Gasteiger partial charge in [-0.1, -0.05) is 25.2 Å². The minimum atomic E-state index is 0.315. The normalized spacial score (nSPS) is 17.6. The van der Waals surface area contributed by atoms with Crippen molar-refractivity contribution in [3.8, 4) is 0 Å². The number of hydrogen-bond donors (Lipinski definition) is 1. The van der Waals surface area contributed by atoms with Gasteiger partial charge in [0, 0.05) is 29.9 Å². The Kier molecular flexibility index (Phi) is 3.95. The van der Waals surface area contributed by atoms with Crippen molar-refractivity contribution in [2.75, 3.05) is 6.54 Å². The maximum absolute atomic E-state index is 5.69. The zero-order chi connectivity index (χ0) is 11.5. The van der Waals surface area contributed by atoms with Crippen molar-refractivity contribution < 1.29 is 0 Å². The molecule has 1 aromatic rings. The molecule has 1 atom stereocenters. The van der Waals surface area contributed by atoms with Crippen LogP contribution in [0.5, 0.6) is 0 Å². The lowest BCUT2D eigenvalue weighted by molar-refractivity contribution is 0.242. The van der Waals surface area contributed by atoms with Gasteiger partial charge in [0.15, 0.2) is 0 Å². The minimum absolute atomic E-state index is 0.315. The van der Waals surface area contributed by atoms with Gasteiger partial charge in [0.25, 0.3) is 0 Å². The molecule has 4 heteroatoms. The molecule has 1 aliphatic carbocycles. The molecule has 2 nitrogen and oxygen atoms in total. The molecule has 16 heavy (non-hydrogen) atoms. The zero-order valence-electron chi connectivity index (χ0n) is 9.56. The third-order valence-corrected chi connectivity index (χ3v) is 4.26. The van der Waals surface area contributed by atoms with Gasteiger partial charge < -0.3 is 5.73 Å². The molecule has 1 saturated carbocycles. The van der Waals surface area contributed by atoms with Crippen LogP contribution < -0.4 is 5.73 Å². The summed E-state index contributed by atoms with van der Waals surface area (Å²) < 4.78 is 0. The first-order valence-corrected chi connectivity index (χ1v) is 7.01. The first-order chi connectivity index (χ1) is 7.66. The number of thiocarbonyl (C=S) groups is 1. The highest BCUT2D eigenvalue weighted by molar-refractivity contribution is 7.80. The molecule has 0 aliphatic heterocycles. The Balaban J connectivity index is 1.92. The molecule has 1 aromatic heterocycles. The first kappa shape index (κ1) is 12.0. The number of thiophene rings is 1. The van der Waals surface area contributed by atoms with Gasteiger partial charge in [-0.25, -0.2) is 0 Å². The summed E-state index contributed by atoms with van der Waals surface area (Å²) in [4.78, 5) is 4.59. The van der Waals surface area contributed by atoms with E-state index in [-0.39, 0.29) is 0 Å². The predicted octanol–water partition coefficient (Wildman–Crippen LogP) is 2.63. The Morgan fingerprint density at radius 3 is 2.94 bits per heavy atom. The second-order valence-corrected chi connectivity index (χ2v) is 6.05. The summed E-state index contributed by atoms with van der Waals surface area (Å²) in [7, 11) is 0. The molecule has 0 bridgehead atoms. The topological polar surface area (TPSA) is 29.3 Å². The average Bonchev–Trinajstić information content (AvgIpc) is 2.97. The van der Waals surface area contributed by atoms with Crippen LogP contribution >= 0.6 is 23.6 Å². The molecule has 0 amide bonds. The molecular weight excluding hydrogens is 236 g/mol. The Morgan fingerprint density at radius 1 is 1.69 bits per heavy atom. The zero-order valence-corrected chi connectivity index (χ0v) is 11.2. The van der Waals surface area contributed by atoms with Crippen LogP contribution in [0.3, 0.4) is 0 Å². The first-order valence-electron chi connectivity index (χ1n) is 5.72. The number of hydrogen-bond acceptors (Lipinski definition) is 3. The van der Waals surface area contributed by atoms with E-state index in [0.29, 0.717) is 10.9 Å². The summed E-state index contributed by atoms with van der Waals surface area (Å²) in [6.45, 7) is 4.17.